The van der Waals surface area contributed by atoms with Crippen molar-refractivity contribution in [3.63, 3.8) is 0 Å². The number of amides is 1. The van der Waals surface area contributed by atoms with Crippen LogP contribution in [-0.4, -0.2) is 32.0 Å². The third-order valence-electron chi connectivity index (χ3n) is 4.66. The Balaban J connectivity index is 2.43. The summed E-state index contributed by atoms with van der Waals surface area (Å²) < 4.78 is 28.7. The molecule has 1 atom stereocenters. The second kappa shape index (κ2) is 11.9. The van der Waals surface area contributed by atoms with Gasteiger partial charge in [0, 0.05) is 11.9 Å². The lowest BCUT2D eigenvalue weighted by Gasteiger charge is -2.19. The number of carbonyl (C=O) groups is 1. The third kappa shape index (κ3) is 6.69. The van der Waals surface area contributed by atoms with Crippen LogP contribution in [0.2, 0.25) is 0 Å². The van der Waals surface area contributed by atoms with Crippen molar-refractivity contribution in [3.8, 4) is 0 Å². The van der Waals surface area contributed by atoms with Gasteiger partial charge in [-0.1, -0.05) is 43.3 Å². The Labute approximate surface area is 179 Å². The van der Waals surface area contributed by atoms with Gasteiger partial charge in [0.2, 0.25) is 0 Å². The Morgan fingerprint density at radius 2 is 1.73 bits per heavy atom. The van der Waals surface area contributed by atoms with Crippen molar-refractivity contribution in [2.45, 2.75) is 46.6 Å². The molecule has 0 aliphatic carbocycles. The minimum Gasteiger partial charge on any atom is -0.450 e. The molecular weight excluding hydrogens is 401 g/mol. The van der Waals surface area contributed by atoms with Gasteiger partial charge in [0.25, 0.3) is 0 Å². The summed E-state index contributed by atoms with van der Waals surface area (Å²) in [4.78, 5) is 11.9. The van der Waals surface area contributed by atoms with Gasteiger partial charge in [-0.25, -0.2) is 4.79 Å². The van der Waals surface area contributed by atoms with Crippen LogP contribution < -0.4 is 5.32 Å². The first-order valence-electron chi connectivity index (χ1n) is 10.5. The average molecular weight is 433 g/mol. The van der Waals surface area contributed by atoms with Crippen molar-refractivity contribution >= 4 is 30.5 Å². The molecule has 1 amide bonds. The van der Waals surface area contributed by atoms with Crippen molar-refractivity contribution in [1.29, 1.82) is 0 Å². The predicted molar refractivity (Wildman–Crippen MR) is 122 cm³/mol. The number of benzene rings is 2. The molecule has 0 fully saturated rings. The molecule has 6 nitrogen and oxygen atoms in total. The lowest BCUT2D eigenvalue weighted by atomic mass is 9.94. The number of hydrogen-bond donors (Lipinski definition) is 1. The fourth-order valence-electron chi connectivity index (χ4n) is 3.27. The second-order valence-electron chi connectivity index (χ2n) is 6.72. The van der Waals surface area contributed by atoms with Gasteiger partial charge in [-0.05, 0) is 61.6 Å². The van der Waals surface area contributed by atoms with Crippen LogP contribution in [0.3, 0.4) is 0 Å². The zero-order valence-corrected chi connectivity index (χ0v) is 19.1. The highest BCUT2D eigenvalue weighted by Crippen LogP contribution is 2.50. The molecule has 0 radical (unpaired) electrons. The molecule has 2 rings (SSSR count). The van der Waals surface area contributed by atoms with E-state index in [0.29, 0.717) is 26.2 Å². The summed E-state index contributed by atoms with van der Waals surface area (Å²) in [6, 6.07) is 12.1. The van der Waals surface area contributed by atoms with Crippen LogP contribution >= 0.6 is 7.60 Å². The molecular formula is C23H32NO5P. The average Bonchev–Trinajstić information content (AvgIpc) is 2.72. The first-order chi connectivity index (χ1) is 14.5. The predicted octanol–water partition coefficient (Wildman–Crippen LogP) is 6.14. The van der Waals surface area contributed by atoms with E-state index in [2.05, 4.69) is 11.4 Å². The van der Waals surface area contributed by atoms with Crippen molar-refractivity contribution in [2.24, 2.45) is 0 Å². The summed E-state index contributed by atoms with van der Waals surface area (Å²) in [6.07, 6.45) is 2.78. The normalized spacial score (nSPS) is 12.9. The fourth-order valence-corrected chi connectivity index (χ4v) is 4.57. The summed E-state index contributed by atoms with van der Waals surface area (Å²) in [7, 11) is -3.33. The maximum absolute atomic E-state index is 12.9. The Morgan fingerprint density at radius 1 is 1.03 bits per heavy atom. The second-order valence-corrected chi connectivity index (χ2v) is 8.62. The first kappa shape index (κ1) is 24.1. The van der Waals surface area contributed by atoms with E-state index in [9.17, 15) is 9.36 Å². The molecule has 164 valence electrons. The van der Waals surface area contributed by atoms with Crippen molar-refractivity contribution in [2.75, 3.05) is 19.8 Å². The van der Waals surface area contributed by atoms with Crippen LogP contribution in [0, 0.1) is 0 Å². The van der Waals surface area contributed by atoms with Crippen molar-refractivity contribution in [1.82, 2.24) is 5.32 Å². The van der Waals surface area contributed by atoms with E-state index in [1.807, 2.05) is 43.3 Å². The Hall–Kier alpha value is -2.14. The summed E-state index contributed by atoms with van der Waals surface area (Å²) in [5.74, 6) is 1.53. The van der Waals surface area contributed by atoms with Gasteiger partial charge in [-0.15, -0.1) is 0 Å². The van der Waals surface area contributed by atoms with E-state index >= 15 is 0 Å². The molecule has 0 heterocycles. The summed E-state index contributed by atoms with van der Waals surface area (Å²) in [6.45, 7) is 8.30. The molecule has 0 spiro atoms. The smallest absolute Gasteiger partial charge is 0.407 e. The quantitative estimate of drug-likeness (QED) is 0.431. The number of ether oxygens (including phenoxy) is 1. The van der Waals surface area contributed by atoms with Crippen LogP contribution in [0.15, 0.2) is 42.2 Å². The standard InChI is InChI=1S/C23H32NO5P/c1-5-20(24-23(25)27-6-2)17-19-14-13-18-11-9-10-12-21(18)22(19)15-16-30(26,28-7-3)29-8-4/h9-16,20H,5-8,17H2,1-4H3,(H,24,25)/b16-15+. The van der Waals surface area contributed by atoms with E-state index in [4.69, 9.17) is 13.8 Å². The SMILES string of the molecule is CCOC(=O)NC(CC)Cc1ccc2ccccc2c1/C=C/P(=O)(OCC)OCC. The molecule has 7 heteroatoms. The number of carbonyl (C=O) groups excluding carboxylic acids is 1. The highest BCUT2D eigenvalue weighted by atomic mass is 31.2. The Morgan fingerprint density at radius 3 is 2.37 bits per heavy atom. The number of fused-ring (bicyclic) bond motifs is 1. The third-order valence-corrected chi connectivity index (χ3v) is 6.41. The van der Waals surface area contributed by atoms with E-state index in [0.717, 1.165) is 28.3 Å². The van der Waals surface area contributed by atoms with E-state index < -0.39 is 13.7 Å². The lowest BCUT2D eigenvalue weighted by molar-refractivity contribution is 0.147. The minimum atomic E-state index is -3.33. The van der Waals surface area contributed by atoms with Crippen LogP contribution in [0.4, 0.5) is 4.79 Å². The Bertz CT molecular complexity index is 902. The molecule has 0 saturated carbocycles. The van der Waals surface area contributed by atoms with Gasteiger partial charge >= 0.3 is 13.7 Å². The largest absolute Gasteiger partial charge is 0.450 e. The van der Waals surface area contributed by atoms with Crippen LogP contribution in [0.1, 0.15) is 45.2 Å². The molecule has 0 aliphatic rings. The number of alkyl carbamates (subject to hydrolysis) is 1. The molecule has 0 bridgehead atoms. The summed E-state index contributed by atoms with van der Waals surface area (Å²) >= 11 is 0. The van der Waals surface area contributed by atoms with Crippen LogP contribution in [-0.2, 0) is 24.8 Å². The van der Waals surface area contributed by atoms with Gasteiger partial charge < -0.3 is 19.1 Å². The Kier molecular flexibility index (Phi) is 9.57. The first-order valence-corrected chi connectivity index (χ1v) is 12.1. The van der Waals surface area contributed by atoms with Gasteiger partial charge in [0.1, 0.15) is 0 Å². The molecule has 0 saturated heterocycles. The van der Waals surface area contributed by atoms with Gasteiger partial charge in [-0.2, -0.15) is 0 Å². The molecule has 1 unspecified atom stereocenters. The zero-order valence-electron chi connectivity index (χ0n) is 18.2. The van der Waals surface area contributed by atoms with E-state index in [-0.39, 0.29) is 6.04 Å². The minimum absolute atomic E-state index is 0.0806. The summed E-state index contributed by atoms with van der Waals surface area (Å²) in [5, 5.41) is 5.03. The lowest BCUT2D eigenvalue weighted by Crippen LogP contribution is -2.36. The highest BCUT2D eigenvalue weighted by molar-refractivity contribution is 7.57. The fraction of sp³-hybridized carbons (Fsp3) is 0.435. The van der Waals surface area contributed by atoms with Crippen molar-refractivity contribution in [3.05, 3.63) is 53.3 Å². The number of nitrogens with one attached hydrogen (secondary N) is 1. The van der Waals surface area contributed by atoms with Gasteiger partial charge in [0.15, 0.2) is 0 Å². The van der Waals surface area contributed by atoms with Gasteiger partial charge in [-0.3, -0.25) is 4.57 Å². The van der Waals surface area contributed by atoms with Crippen LogP contribution in [0.5, 0.6) is 0 Å². The van der Waals surface area contributed by atoms with E-state index in [1.165, 1.54) is 5.82 Å². The number of rotatable bonds is 11. The molecule has 30 heavy (non-hydrogen) atoms. The molecule has 2 aromatic rings. The molecule has 2 aromatic carbocycles. The maximum Gasteiger partial charge on any atom is 0.407 e. The zero-order chi connectivity index (χ0) is 22.0. The van der Waals surface area contributed by atoms with Crippen molar-refractivity contribution < 1.29 is 23.1 Å². The molecule has 0 aromatic heterocycles. The molecule has 0 aliphatic heterocycles. The van der Waals surface area contributed by atoms with Gasteiger partial charge in [0.05, 0.1) is 19.8 Å². The van der Waals surface area contributed by atoms with E-state index in [1.54, 1.807) is 20.8 Å². The monoisotopic (exact) mass is 433 g/mol. The maximum atomic E-state index is 12.9. The van der Waals surface area contributed by atoms with Crippen LogP contribution in [0.25, 0.3) is 16.8 Å². The highest BCUT2D eigenvalue weighted by Gasteiger charge is 2.20. The topological polar surface area (TPSA) is 73.9 Å². The summed E-state index contributed by atoms with van der Waals surface area (Å²) in [5.41, 5.74) is 1.98. The molecule has 1 N–H and O–H groups in total. The number of hydrogen-bond acceptors (Lipinski definition) is 5.